The molecule has 0 aromatic rings. The topological polar surface area (TPSA) is 26.0 Å². The molecule has 0 rings (SSSR count). The minimum Gasteiger partial charge on any atom is -0.325 e. The van der Waals surface area contributed by atoms with E-state index in [1.54, 1.807) is 0 Å². The van der Waals surface area contributed by atoms with Crippen LogP contribution < -0.4 is 5.73 Å². The van der Waals surface area contributed by atoms with Gasteiger partial charge in [-0.2, -0.15) is 0 Å². The monoisotopic (exact) mass is 181 g/mol. The maximum Gasteiger partial charge on any atom is 0.0120 e. The van der Waals surface area contributed by atoms with Crippen LogP contribution in [0.15, 0.2) is 0 Å². The maximum atomic E-state index is 5.68. The van der Waals surface area contributed by atoms with Crippen LogP contribution in [-0.4, -0.2) is 5.54 Å². The van der Waals surface area contributed by atoms with Crippen LogP contribution in [0.5, 0.6) is 0 Å². The van der Waals surface area contributed by atoms with Gasteiger partial charge in [-0.1, -0.05) is 13.8 Å². The Morgan fingerprint density at radius 1 is 1.25 bits per heavy atom. The zero-order valence-electron chi connectivity index (χ0n) is 6.06. The zero-order valence-corrected chi connectivity index (χ0v) is 7.78. The summed E-state index contributed by atoms with van der Waals surface area (Å²) in [6.07, 6.45) is 0. The molecule has 0 radical (unpaired) electrons. The molecular weight excluding hydrogens is 166 g/mol. The Labute approximate surface area is 62.4 Å². The van der Waals surface area contributed by atoms with Gasteiger partial charge in [0.1, 0.15) is 0 Å². The first-order valence-electron chi connectivity index (χ1n) is 2.73. The normalized spacial score (nSPS) is 11.2. The molecular formula is C6H16BrN. The summed E-state index contributed by atoms with van der Waals surface area (Å²) in [4.78, 5) is 0. The molecule has 0 aliphatic heterocycles. The molecule has 0 fully saturated rings. The summed E-state index contributed by atoms with van der Waals surface area (Å²) in [6, 6.07) is 0. The predicted octanol–water partition coefficient (Wildman–Crippen LogP) is 1.96. The molecule has 0 aromatic carbocycles. The first kappa shape index (κ1) is 11.3. The van der Waals surface area contributed by atoms with Crippen LogP contribution in [0.25, 0.3) is 0 Å². The van der Waals surface area contributed by atoms with Crippen molar-refractivity contribution in [1.29, 1.82) is 0 Å². The minimum atomic E-state index is 0. The van der Waals surface area contributed by atoms with Crippen molar-refractivity contribution in [3.8, 4) is 0 Å². The van der Waals surface area contributed by atoms with Gasteiger partial charge in [-0.05, 0) is 19.8 Å². The molecule has 0 bridgehead atoms. The average Bonchev–Trinajstić information content (AvgIpc) is 1.31. The van der Waals surface area contributed by atoms with Crippen molar-refractivity contribution in [3.05, 3.63) is 0 Å². The summed E-state index contributed by atoms with van der Waals surface area (Å²) < 4.78 is 0. The number of rotatable bonds is 1. The molecule has 0 amide bonds. The molecule has 0 saturated heterocycles. The van der Waals surface area contributed by atoms with Gasteiger partial charge in [-0.25, -0.2) is 0 Å². The van der Waals surface area contributed by atoms with Crippen LogP contribution in [-0.2, 0) is 0 Å². The molecule has 0 unspecified atom stereocenters. The number of nitrogens with two attached hydrogens (primary N) is 1. The lowest BCUT2D eigenvalue weighted by molar-refractivity contribution is 0.373. The van der Waals surface area contributed by atoms with Crippen molar-refractivity contribution in [1.82, 2.24) is 0 Å². The Morgan fingerprint density at radius 3 is 1.38 bits per heavy atom. The maximum absolute atomic E-state index is 5.68. The molecule has 0 aliphatic carbocycles. The third kappa shape index (κ3) is 4.60. The SMILES string of the molecule is Br.CC(C)C(C)(C)N. The molecule has 2 heteroatoms. The summed E-state index contributed by atoms with van der Waals surface area (Å²) in [5.74, 6) is 0.576. The Kier molecular flexibility index (Phi) is 4.88. The van der Waals surface area contributed by atoms with Gasteiger partial charge in [0.25, 0.3) is 0 Å². The lowest BCUT2D eigenvalue weighted by atomic mass is 9.92. The number of hydrogen-bond acceptors (Lipinski definition) is 1. The van der Waals surface area contributed by atoms with E-state index in [0.717, 1.165) is 0 Å². The van der Waals surface area contributed by atoms with E-state index in [0.29, 0.717) is 5.92 Å². The van der Waals surface area contributed by atoms with Gasteiger partial charge < -0.3 is 5.73 Å². The highest BCUT2D eigenvalue weighted by Gasteiger charge is 2.14. The Hall–Kier alpha value is 0.440. The molecule has 0 aromatic heterocycles. The van der Waals surface area contributed by atoms with Crippen molar-refractivity contribution in [2.75, 3.05) is 0 Å². The number of hydrogen-bond donors (Lipinski definition) is 1. The molecule has 0 heterocycles. The third-order valence-electron chi connectivity index (χ3n) is 1.49. The molecule has 0 saturated carbocycles. The molecule has 0 atom stereocenters. The molecule has 2 N–H and O–H groups in total. The van der Waals surface area contributed by atoms with Gasteiger partial charge in [0.2, 0.25) is 0 Å². The Morgan fingerprint density at radius 2 is 1.38 bits per heavy atom. The van der Waals surface area contributed by atoms with E-state index in [-0.39, 0.29) is 22.5 Å². The Balaban J connectivity index is 0. The summed E-state index contributed by atoms with van der Waals surface area (Å²) in [5, 5.41) is 0. The zero-order chi connectivity index (χ0) is 6.08. The first-order chi connectivity index (χ1) is 2.94. The van der Waals surface area contributed by atoms with Crippen molar-refractivity contribution in [3.63, 3.8) is 0 Å². The van der Waals surface area contributed by atoms with E-state index in [4.69, 9.17) is 5.73 Å². The van der Waals surface area contributed by atoms with Crippen molar-refractivity contribution in [2.24, 2.45) is 11.7 Å². The lowest BCUT2D eigenvalue weighted by Crippen LogP contribution is -2.37. The summed E-state index contributed by atoms with van der Waals surface area (Å²) in [7, 11) is 0. The van der Waals surface area contributed by atoms with Gasteiger partial charge in [0.05, 0.1) is 0 Å². The van der Waals surface area contributed by atoms with Gasteiger partial charge in [0, 0.05) is 5.54 Å². The van der Waals surface area contributed by atoms with Crippen LogP contribution in [0, 0.1) is 5.92 Å². The molecule has 52 valence electrons. The van der Waals surface area contributed by atoms with E-state index in [1.165, 1.54) is 0 Å². The largest absolute Gasteiger partial charge is 0.325 e. The molecule has 1 nitrogen and oxygen atoms in total. The van der Waals surface area contributed by atoms with Gasteiger partial charge in [0.15, 0.2) is 0 Å². The second-order valence-electron chi connectivity index (χ2n) is 2.98. The quantitative estimate of drug-likeness (QED) is 0.659. The van der Waals surface area contributed by atoms with Crippen LogP contribution in [0.4, 0.5) is 0 Å². The summed E-state index contributed by atoms with van der Waals surface area (Å²) in [6.45, 7) is 8.33. The third-order valence-corrected chi connectivity index (χ3v) is 1.49. The van der Waals surface area contributed by atoms with Crippen molar-refractivity contribution < 1.29 is 0 Å². The second-order valence-corrected chi connectivity index (χ2v) is 2.98. The minimum absolute atomic E-state index is 0. The van der Waals surface area contributed by atoms with Crippen LogP contribution in [0.3, 0.4) is 0 Å². The van der Waals surface area contributed by atoms with Crippen LogP contribution in [0.1, 0.15) is 27.7 Å². The van der Waals surface area contributed by atoms with Gasteiger partial charge >= 0.3 is 0 Å². The first-order valence-corrected chi connectivity index (χ1v) is 2.73. The summed E-state index contributed by atoms with van der Waals surface area (Å²) >= 11 is 0. The fraction of sp³-hybridized carbons (Fsp3) is 1.00. The fourth-order valence-corrected chi connectivity index (χ4v) is 0. The second kappa shape index (κ2) is 3.46. The smallest absolute Gasteiger partial charge is 0.0120 e. The van der Waals surface area contributed by atoms with E-state index < -0.39 is 0 Å². The Bertz CT molecular complexity index is 54.0. The van der Waals surface area contributed by atoms with E-state index in [2.05, 4.69) is 13.8 Å². The average molecular weight is 182 g/mol. The highest BCUT2D eigenvalue weighted by Crippen LogP contribution is 2.09. The molecule has 8 heavy (non-hydrogen) atoms. The highest BCUT2D eigenvalue weighted by atomic mass is 79.9. The van der Waals surface area contributed by atoms with Crippen LogP contribution in [0.2, 0.25) is 0 Å². The van der Waals surface area contributed by atoms with E-state index in [1.807, 2.05) is 13.8 Å². The summed E-state index contributed by atoms with van der Waals surface area (Å²) in [5.41, 5.74) is 5.68. The van der Waals surface area contributed by atoms with Crippen molar-refractivity contribution >= 4 is 17.0 Å². The van der Waals surface area contributed by atoms with Crippen LogP contribution >= 0.6 is 17.0 Å². The standard InChI is InChI=1S/C6H15N.BrH/c1-5(2)6(3,4)7;/h5H,7H2,1-4H3;1H. The van der Waals surface area contributed by atoms with Gasteiger partial charge in [-0.3, -0.25) is 0 Å². The lowest BCUT2D eigenvalue weighted by Gasteiger charge is -2.22. The van der Waals surface area contributed by atoms with Gasteiger partial charge in [-0.15, -0.1) is 17.0 Å². The predicted molar refractivity (Wildman–Crippen MR) is 43.4 cm³/mol. The van der Waals surface area contributed by atoms with E-state index >= 15 is 0 Å². The number of halogens is 1. The van der Waals surface area contributed by atoms with E-state index in [9.17, 15) is 0 Å². The molecule has 0 spiro atoms. The highest BCUT2D eigenvalue weighted by molar-refractivity contribution is 8.93. The van der Waals surface area contributed by atoms with Crippen molar-refractivity contribution in [2.45, 2.75) is 33.2 Å². The fourth-order valence-electron chi connectivity index (χ4n) is 0. The molecule has 0 aliphatic rings.